The number of anilines is 1. The smallest absolute Gasteiger partial charge is 0.0471 e. The lowest BCUT2D eigenvalue weighted by molar-refractivity contribution is 0.186. The van der Waals surface area contributed by atoms with Crippen LogP contribution in [0.5, 0.6) is 0 Å². The molecule has 0 bridgehead atoms. The molecule has 0 radical (unpaired) electrons. The van der Waals surface area contributed by atoms with E-state index in [0.717, 1.165) is 22.8 Å². The summed E-state index contributed by atoms with van der Waals surface area (Å²) in [5.74, 6) is 0. The molecular formula is C15H23ClN2. The van der Waals surface area contributed by atoms with Gasteiger partial charge in [-0.05, 0) is 37.9 Å². The van der Waals surface area contributed by atoms with Crippen LogP contribution >= 0.6 is 11.6 Å². The molecule has 1 unspecified atom stereocenters. The second-order valence-electron chi connectivity index (χ2n) is 5.19. The maximum atomic E-state index is 6.27. The Balaban J connectivity index is 2.15. The number of benzene rings is 1. The summed E-state index contributed by atoms with van der Waals surface area (Å²) in [4.78, 5) is 2.56. The standard InChI is InChI=1S/C15H23ClN2/c1-2-12-7-4-3-5-10-18(12)11-13-14(16)8-6-9-15(13)17/h6,8-9,12H,2-5,7,10-11,17H2,1H3. The van der Waals surface area contributed by atoms with Crippen molar-refractivity contribution in [2.45, 2.75) is 51.6 Å². The quantitative estimate of drug-likeness (QED) is 0.836. The monoisotopic (exact) mass is 266 g/mol. The number of nitrogens with zero attached hydrogens (tertiary/aromatic N) is 1. The Bertz CT molecular complexity index is 372. The first-order valence-corrected chi connectivity index (χ1v) is 7.37. The molecule has 1 atom stereocenters. The van der Waals surface area contributed by atoms with Gasteiger partial charge in [0.15, 0.2) is 0 Å². The van der Waals surface area contributed by atoms with Crippen LogP contribution in [-0.4, -0.2) is 17.5 Å². The van der Waals surface area contributed by atoms with Gasteiger partial charge in [0.25, 0.3) is 0 Å². The summed E-state index contributed by atoms with van der Waals surface area (Å²) < 4.78 is 0. The second-order valence-corrected chi connectivity index (χ2v) is 5.60. The Morgan fingerprint density at radius 1 is 1.33 bits per heavy atom. The van der Waals surface area contributed by atoms with Gasteiger partial charge in [0, 0.05) is 28.9 Å². The topological polar surface area (TPSA) is 29.3 Å². The van der Waals surface area contributed by atoms with Crippen molar-refractivity contribution in [2.75, 3.05) is 12.3 Å². The third-order valence-electron chi connectivity index (χ3n) is 3.99. The molecule has 18 heavy (non-hydrogen) atoms. The van der Waals surface area contributed by atoms with Crippen LogP contribution in [0.15, 0.2) is 18.2 Å². The summed E-state index contributed by atoms with van der Waals surface area (Å²) in [6, 6.07) is 6.48. The van der Waals surface area contributed by atoms with Crippen molar-refractivity contribution in [2.24, 2.45) is 0 Å². The second kappa shape index (κ2) is 6.44. The lowest BCUT2D eigenvalue weighted by Gasteiger charge is -2.29. The van der Waals surface area contributed by atoms with E-state index in [1.807, 2.05) is 18.2 Å². The predicted octanol–water partition coefficient (Wildman–Crippen LogP) is 4.08. The fraction of sp³-hybridized carbons (Fsp3) is 0.600. The van der Waals surface area contributed by atoms with E-state index >= 15 is 0 Å². The molecule has 0 amide bonds. The van der Waals surface area contributed by atoms with Crippen molar-refractivity contribution < 1.29 is 0 Å². The van der Waals surface area contributed by atoms with E-state index in [-0.39, 0.29) is 0 Å². The highest BCUT2D eigenvalue weighted by atomic mass is 35.5. The molecule has 0 aromatic heterocycles. The molecule has 1 heterocycles. The first kappa shape index (κ1) is 13.7. The molecule has 1 saturated heterocycles. The fourth-order valence-corrected chi connectivity index (χ4v) is 3.09. The first-order chi connectivity index (χ1) is 8.72. The minimum Gasteiger partial charge on any atom is -0.398 e. The van der Waals surface area contributed by atoms with E-state index < -0.39 is 0 Å². The Labute approximate surface area is 115 Å². The van der Waals surface area contributed by atoms with Gasteiger partial charge in [-0.3, -0.25) is 4.90 Å². The summed E-state index contributed by atoms with van der Waals surface area (Å²) in [6.45, 7) is 4.34. The van der Waals surface area contributed by atoms with Gasteiger partial charge in [0.1, 0.15) is 0 Å². The molecule has 2 nitrogen and oxygen atoms in total. The van der Waals surface area contributed by atoms with Crippen LogP contribution in [-0.2, 0) is 6.54 Å². The van der Waals surface area contributed by atoms with Gasteiger partial charge in [0.05, 0.1) is 0 Å². The van der Waals surface area contributed by atoms with Crippen molar-refractivity contribution in [3.8, 4) is 0 Å². The average Bonchev–Trinajstić information content (AvgIpc) is 2.59. The van der Waals surface area contributed by atoms with Crippen LogP contribution < -0.4 is 5.73 Å². The molecule has 100 valence electrons. The van der Waals surface area contributed by atoms with Crippen molar-refractivity contribution in [3.05, 3.63) is 28.8 Å². The Hall–Kier alpha value is -0.730. The molecule has 0 aliphatic carbocycles. The summed E-state index contributed by atoms with van der Waals surface area (Å²) in [6.07, 6.45) is 6.52. The van der Waals surface area contributed by atoms with Crippen LogP contribution in [0.2, 0.25) is 5.02 Å². The molecular weight excluding hydrogens is 244 g/mol. The summed E-state index contributed by atoms with van der Waals surface area (Å²) in [5, 5.41) is 0.800. The van der Waals surface area contributed by atoms with Gasteiger partial charge in [-0.25, -0.2) is 0 Å². The maximum Gasteiger partial charge on any atom is 0.0471 e. The summed E-state index contributed by atoms with van der Waals surface area (Å²) in [5.41, 5.74) is 7.97. The number of likely N-dealkylation sites (tertiary alicyclic amines) is 1. The highest BCUT2D eigenvalue weighted by Crippen LogP contribution is 2.27. The van der Waals surface area contributed by atoms with Crippen LogP contribution in [0, 0.1) is 0 Å². The van der Waals surface area contributed by atoms with E-state index in [1.165, 1.54) is 38.6 Å². The van der Waals surface area contributed by atoms with E-state index in [0.29, 0.717) is 6.04 Å². The van der Waals surface area contributed by atoms with Gasteiger partial charge in [-0.15, -0.1) is 0 Å². The summed E-state index contributed by atoms with van der Waals surface area (Å²) in [7, 11) is 0. The molecule has 0 saturated carbocycles. The highest BCUT2D eigenvalue weighted by Gasteiger charge is 2.20. The predicted molar refractivity (Wildman–Crippen MR) is 78.8 cm³/mol. The Morgan fingerprint density at radius 3 is 2.89 bits per heavy atom. The summed E-state index contributed by atoms with van der Waals surface area (Å²) >= 11 is 6.27. The first-order valence-electron chi connectivity index (χ1n) is 6.99. The number of rotatable bonds is 3. The number of hydrogen-bond acceptors (Lipinski definition) is 2. The number of halogens is 1. The number of nitrogens with two attached hydrogens (primary N) is 1. The Kier molecular flexibility index (Phi) is 4.90. The van der Waals surface area contributed by atoms with Crippen molar-refractivity contribution in [3.63, 3.8) is 0 Å². The molecule has 0 spiro atoms. The molecule has 1 aliphatic heterocycles. The number of nitrogen functional groups attached to an aromatic ring is 1. The number of hydrogen-bond donors (Lipinski definition) is 1. The van der Waals surface area contributed by atoms with Gasteiger partial charge >= 0.3 is 0 Å². The SMILES string of the molecule is CCC1CCCCCN1Cc1c(N)cccc1Cl. The minimum absolute atomic E-state index is 0.683. The van der Waals surface area contributed by atoms with Gasteiger partial charge in [-0.2, -0.15) is 0 Å². The van der Waals surface area contributed by atoms with Gasteiger partial charge in [0.2, 0.25) is 0 Å². The largest absolute Gasteiger partial charge is 0.398 e. The van der Waals surface area contributed by atoms with E-state index in [9.17, 15) is 0 Å². The van der Waals surface area contributed by atoms with Gasteiger partial charge in [-0.1, -0.05) is 37.4 Å². The fourth-order valence-electron chi connectivity index (χ4n) is 2.85. The zero-order valence-corrected chi connectivity index (χ0v) is 11.9. The molecule has 1 aliphatic rings. The molecule has 2 N–H and O–H groups in total. The maximum absolute atomic E-state index is 6.27. The van der Waals surface area contributed by atoms with Crippen molar-refractivity contribution in [1.82, 2.24) is 4.90 Å². The third-order valence-corrected chi connectivity index (χ3v) is 4.34. The van der Waals surface area contributed by atoms with E-state index in [2.05, 4.69) is 11.8 Å². The van der Waals surface area contributed by atoms with Crippen LogP contribution in [0.25, 0.3) is 0 Å². The molecule has 2 rings (SSSR count). The van der Waals surface area contributed by atoms with Crippen molar-refractivity contribution >= 4 is 17.3 Å². The third kappa shape index (κ3) is 3.18. The van der Waals surface area contributed by atoms with Crippen LogP contribution in [0.4, 0.5) is 5.69 Å². The van der Waals surface area contributed by atoms with Crippen molar-refractivity contribution in [1.29, 1.82) is 0 Å². The average molecular weight is 267 g/mol. The normalized spacial score (nSPS) is 21.8. The molecule has 1 aromatic rings. The zero-order chi connectivity index (χ0) is 13.0. The lowest BCUT2D eigenvalue weighted by atomic mass is 10.1. The minimum atomic E-state index is 0.683. The molecule has 3 heteroatoms. The Morgan fingerprint density at radius 2 is 2.17 bits per heavy atom. The van der Waals surface area contributed by atoms with E-state index in [1.54, 1.807) is 0 Å². The molecule has 1 aromatic carbocycles. The van der Waals surface area contributed by atoms with Gasteiger partial charge < -0.3 is 5.73 Å². The van der Waals surface area contributed by atoms with Crippen LogP contribution in [0.1, 0.15) is 44.6 Å². The van der Waals surface area contributed by atoms with E-state index in [4.69, 9.17) is 17.3 Å². The highest BCUT2D eigenvalue weighted by molar-refractivity contribution is 6.31. The molecule has 1 fully saturated rings. The lowest BCUT2D eigenvalue weighted by Crippen LogP contribution is -2.34. The van der Waals surface area contributed by atoms with Crippen LogP contribution in [0.3, 0.4) is 0 Å². The zero-order valence-electron chi connectivity index (χ0n) is 11.2.